The van der Waals surface area contributed by atoms with Crippen LogP contribution < -0.4 is 10.2 Å². The van der Waals surface area contributed by atoms with Gasteiger partial charge in [0.1, 0.15) is 0 Å². The van der Waals surface area contributed by atoms with Gasteiger partial charge in [0.25, 0.3) is 5.91 Å². The highest BCUT2D eigenvalue weighted by molar-refractivity contribution is 6.06. The third kappa shape index (κ3) is 3.58. The van der Waals surface area contributed by atoms with Gasteiger partial charge in [0.05, 0.1) is 0 Å². The topological polar surface area (TPSA) is 51.4 Å². The Bertz CT molecular complexity index is 1070. The first kappa shape index (κ1) is 19.2. The first-order chi connectivity index (χ1) is 14.6. The van der Waals surface area contributed by atoms with E-state index in [2.05, 4.69) is 46.1 Å². The van der Waals surface area contributed by atoms with E-state index in [9.17, 15) is 4.79 Å². The summed E-state index contributed by atoms with van der Waals surface area (Å²) in [4.78, 5) is 21.1. The van der Waals surface area contributed by atoms with Gasteiger partial charge in [-0.05, 0) is 87.7 Å². The molecule has 5 rings (SSSR count). The van der Waals surface area contributed by atoms with E-state index in [0.29, 0.717) is 11.6 Å². The molecule has 0 aliphatic carbocycles. The van der Waals surface area contributed by atoms with E-state index in [1.165, 1.54) is 31.5 Å². The Kier molecular flexibility index (Phi) is 4.99. The largest absolute Gasteiger partial charge is 0.370 e. The lowest BCUT2D eigenvalue weighted by atomic mass is 10.1. The van der Waals surface area contributed by atoms with Gasteiger partial charge >= 0.3 is 0 Å². The van der Waals surface area contributed by atoms with Gasteiger partial charge in [-0.15, -0.1) is 0 Å². The lowest BCUT2D eigenvalue weighted by Gasteiger charge is -2.28. The Balaban J connectivity index is 1.27. The van der Waals surface area contributed by atoms with Crippen molar-refractivity contribution in [2.24, 2.45) is 0 Å². The van der Waals surface area contributed by atoms with Crippen molar-refractivity contribution in [1.29, 1.82) is 0 Å². The first-order valence-corrected chi connectivity index (χ1v) is 11.1. The fourth-order valence-corrected chi connectivity index (χ4v) is 5.12. The predicted molar refractivity (Wildman–Crippen MR) is 123 cm³/mol. The number of nitrogens with one attached hydrogen (secondary N) is 2. The number of benzene rings is 2. The lowest BCUT2D eigenvalue weighted by molar-refractivity contribution is 0.102. The molecule has 0 spiro atoms. The molecule has 2 unspecified atom stereocenters. The molecule has 3 aromatic rings. The molecule has 2 atom stereocenters. The third-order valence-corrected chi connectivity index (χ3v) is 6.88. The number of fused-ring (bicyclic) bond motifs is 1. The molecular formula is C25H30N4O. The molecule has 2 aliphatic rings. The normalized spacial score (nSPS) is 22.1. The van der Waals surface area contributed by atoms with Crippen LogP contribution in [0.25, 0.3) is 10.9 Å². The second-order valence-electron chi connectivity index (χ2n) is 8.85. The fourth-order valence-electron chi connectivity index (χ4n) is 5.12. The quantitative estimate of drug-likeness (QED) is 0.660. The number of aromatic amines is 1. The highest BCUT2D eigenvalue weighted by atomic mass is 16.1. The molecule has 2 saturated heterocycles. The molecule has 2 aliphatic heterocycles. The van der Waals surface area contributed by atoms with E-state index in [0.717, 1.165) is 41.3 Å². The maximum Gasteiger partial charge on any atom is 0.255 e. The molecule has 2 fully saturated rings. The van der Waals surface area contributed by atoms with Gasteiger partial charge in [-0.2, -0.15) is 0 Å². The van der Waals surface area contributed by atoms with Crippen LogP contribution in [-0.4, -0.2) is 47.5 Å². The zero-order valence-corrected chi connectivity index (χ0v) is 17.8. The molecule has 0 radical (unpaired) electrons. The average molecular weight is 403 g/mol. The average Bonchev–Trinajstić information content (AvgIpc) is 3.48. The highest BCUT2D eigenvalue weighted by Crippen LogP contribution is 2.30. The summed E-state index contributed by atoms with van der Waals surface area (Å²) in [5.74, 6) is -0.0711. The number of carbonyl (C=O) groups excluding carboxylic acids is 1. The number of anilines is 2. The summed E-state index contributed by atoms with van der Waals surface area (Å²) >= 11 is 0. The summed E-state index contributed by atoms with van der Waals surface area (Å²) < 4.78 is 0. The summed E-state index contributed by atoms with van der Waals surface area (Å²) in [7, 11) is 0. The number of likely N-dealkylation sites (tertiary alicyclic amines) is 1. The predicted octanol–water partition coefficient (Wildman–Crippen LogP) is 4.79. The maximum absolute atomic E-state index is 12.8. The highest BCUT2D eigenvalue weighted by Gasteiger charge is 2.32. The molecule has 1 aromatic heterocycles. The van der Waals surface area contributed by atoms with Crippen molar-refractivity contribution >= 4 is 28.2 Å². The van der Waals surface area contributed by atoms with Gasteiger partial charge in [-0.1, -0.05) is 0 Å². The molecule has 1 amide bonds. The summed E-state index contributed by atoms with van der Waals surface area (Å²) in [6.45, 7) is 7.90. The minimum atomic E-state index is -0.0711. The summed E-state index contributed by atoms with van der Waals surface area (Å²) in [6.07, 6.45) is 5.80. The molecule has 5 nitrogen and oxygen atoms in total. The number of nitrogens with zero attached hydrogens (tertiary/aromatic N) is 2. The van der Waals surface area contributed by atoms with Crippen molar-refractivity contribution in [3.05, 3.63) is 59.8 Å². The number of carbonyl (C=O) groups is 1. The standard InChI is InChI=1S/C25H30N4O/c1-17-14-21(28-13-10-22(16-28)29-12-3-4-18(29)2)6-8-23(17)27-25(30)20-5-7-24-19(15-20)9-11-26-24/h5-9,11,14-15,18,22,26H,3-4,10,12-13,16H2,1-2H3,(H,27,30). The number of aromatic nitrogens is 1. The fraction of sp³-hybridized carbons (Fsp3) is 0.400. The summed E-state index contributed by atoms with van der Waals surface area (Å²) in [6, 6.07) is 15.5. The molecule has 5 heteroatoms. The first-order valence-electron chi connectivity index (χ1n) is 11.1. The number of rotatable bonds is 4. The van der Waals surface area contributed by atoms with Crippen molar-refractivity contribution in [2.75, 3.05) is 29.9 Å². The van der Waals surface area contributed by atoms with Crippen molar-refractivity contribution in [1.82, 2.24) is 9.88 Å². The van der Waals surface area contributed by atoms with Gasteiger partial charge in [0, 0.05) is 59.2 Å². The number of hydrogen-bond donors (Lipinski definition) is 2. The zero-order chi connectivity index (χ0) is 20.7. The van der Waals surface area contributed by atoms with Gasteiger partial charge in [0.2, 0.25) is 0 Å². The molecule has 0 bridgehead atoms. The monoisotopic (exact) mass is 402 g/mol. The van der Waals surface area contributed by atoms with Crippen LogP contribution in [0.1, 0.15) is 42.1 Å². The van der Waals surface area contributed by atoms with Crippen LogP contribution in [0, 0.1) is 6.92 Å². The summed E-state index contributed by atoms with van der Waals surface area (Å²) in [5.41, 5.74) is 4.95. The van der Waals surface area contributed by atoms with Crippen LogP contribution in [0.15, 0.2) is 48.7 Å². The lowest BCUT2D eigenvalue weighted by Crippen LogP contribution is -2.39. The van der Waals surface area contributed by atoms with Gasteiger partial charge < -0.3 is 15.2 Å². The SMILES string of the molecule is Cc1cc(N2CCC(N3CCCC3C)C2)ccc1NC(=O)c1ccc2[nH]ccc2c1. The van der Waals surface area contributed by atoms with Crippen molar-refractivity contribution in [3.8, 4) is 0 Å². The molecular weight excluding hydrogens is 372 g/mol. The Labute approximate surface area is 178 Å². The maximum atomic E-state index is 12.8. The Morgan fingerprint density at radius 1 is 1.10 bits per heavy atom. The van der Waals surface area contributed by atoms with Crippen molar-refractivity contribution in [3.63, 3.8) is 0 Å². The smallest absolute Gasteiger partial charge is 0.255 e. The molecule has 30 heavy (non-hydrogen) atoms. The number of H-pyrrole nitrogens is 1. The molecule has 0 saturated carbocycles. The van der Waals surface area contributed by atoms with Gasteiger partial charge in [-0.25, -0.2) is 0 Å². The Morgan fingerprint density at radius 3 is 2.80 bits per heavy atom. The zero-order valence-electron chi connectivity index (χ0n) is 17.8. The minimum Gasteiger partial charge on any atom is -0.370 e. The Morgan fingerprint density at radius 2 is 2.00 bits per heavy atom. The van der Waals surface area contributed by atoms with E-state index in [1.807, 2.05) is 36.5 Å². The molecule has 2 aromatic carbocycles. The Hall–Kier alpha value is -2.79. The molecule has 2 N–H and O–H groups in total. The third-order valence-electron chi connectivity index (χ3n) is 6.88. The number of aryl methyl sites for hydroxylation is 1. The van der Waals surface area contributed by atoms with Gasteiger partial charge in [-0.3, -0.25) is 9.69 Å². The molecule has 3 heterocycles. The minimum absolute atomic E-state index is 0.0711. The number of amides is 1. The van der Waals surface area contributed by atoms with Crippen LogP contribution >= 0.6 is 0 Å². The van der Waals surface area contributed by atoms with Crippen LogP contribution in [0.4, 0.5) is 11.4 Å². The van der Waals surface area contributed by atoms with Crippen LogP contribution in [0.3, 0.4) is 0 Å². The van der Waals surface area contributed by atoms with Crippen molar-refractivity contribution in [2.45, 2.75) is 45.2 Å². The second-order valence-corrected chi connectivity index (χ2v) is 8.85. The number of hydrogen-bond acceptors (Lipinski definition) is 3. The van der Waals surface area contributed by atoms with E-state index in [4.69, 9.17) is 0 Å². The van der Waals surface area contributed by atoms with E-state index < -0.39 is 0 Å². The second kappa shape index (κ2) is 7.80. The van der Waals surface area contributed by atoms with Crippen LogP contribution in [0.2, 0.25) is 0 Å². The van der Waals surface area contributed by atoms with E-state index >= 15 is 0 Å². The van der Waals surface area contributed by atoms with Gasteiger partial charge in [0.15, 0.2) is 0 Å². The van der Waals surface area contributed by atoms with Crippen molar-refractivity contribution < 1.29 is 4.79 Å². The van der Waals surface area contributed by atoms with Crippen LogP contribution in [0.5, 0.6) is 0 Å². The van der Waals surface area contributed by atoms with E-state index in [-0.39, 0.29) is 5.91 Å². The molecule has 156 valence electrons. The summed E-state index contributed by atoms with van der Waals surface area (Å²) in [5, 5.41) is 4.13. The van der Waals surface area contributed by atoms with Crippen LogP contribution in [-0.2, 0) is 0 Å². The van der Waals surface area contributed by atoms with E-state index in [1.54, 1.807) is 0 Å².